The van der Waals surface area contributed by atoms with Gasteiger partial charge in [-0.1, -0.05) is 30.3 Å². The van der Waals surface area contributed by atoms with E-state index in [1.165, 1.54) is 4.31 Å². The SMILES string of the molecule is O=C(NCCS(=O)(=O)N1CCOCC1)c1ccccc1OCCOc1ccccc1. The van der Waals surface area contributed by atoms with Gasteiger partial charge in [0, 0.05) is 19.6 Å². The lowest BCUT2D eigenvalue weighted by molar-refractivity contribution is 0.0730. The molecule has 1 aliphatic rings. The van der Waals surface area contributed by atoms with Crippen molar-refractivity contribution < 1.29 is 27.4 Å². The van der Waals surface area contributed by atoms with Crippen LogP contribution in [0, 0.1) is 0 Å². The fourth-order valence-corrected chi connectivity index (χ4v) is 4.27. The van der Waals surface area contributed by atoms with Crippen molar-refractivity contribution in [3.63, 3.8) is 0 Å². The number of carbonyl (C=O) groups is 1. The predicted molar refractivity (Wildman–Crippen MR) is 112 cm³/mol. The van der Waals surface area contributed by atoms with Crippen molar-refractivity contribution in [2.45, 2.75) is 0 Å². The first-order valence-electron chi connectivity index (χ1n) is 9.80. The smallest absolute Gasteiger partial charge is 0.255 e. The summed E-state index contributed by atoms with van der Waals surface area (Å²) in [5, 5.41) is 2.66. The van der Waals surface area contributed by atoms with Crippen molar-refractivity contribution >= 4 is 15.9 Å². The Balaban J connectivity index is 1.47. The topological polar surface area (TPSA) is 94.2 Å². The van der Waals surface area contributed by atoms with E-state index in [0.29, 0.717) is 44.2 Å². The van der Waals surface area contributed by atoms with Crippen LogP contribution in [0.4, 0.5) is 0 Å². The molecule has 1 saturated heterocycles. The van der Waals surface area contributed by atoms with E-state index in [0.717, 1.165) is 5.75 Å². The average Bonchev–Trinajstić information content (AvgIpc) is 2.78. The maximum absolute atomic E-state index is 12.5. The molecule has 1 amide bonds. The van der Waals surface area contributed by atoms with E-state index in [1.807, 2.05) is 30.3 Å². The van der Waals surface area contributed by atoms with E-state index < -0.39 is 10.0 Å². The Labute approximate surface area is 176 Å². The third kappa shape index (κ3) is 6.45. The third-order valence-corrected chi connectivity index (χ3v) is 6.37. The molecule has 1 aliphatic heterocycles. The highest BCUT2D eigenvalue weighted by Gasteiger charge is 2.24. The molecule has 1 N–H and O–H groups in total. The molecule has 0 spiro atoms. The molecule has 0 unspecified atom stereocenters. The predicted octanol–water partition coefficient (Wildman–Crippen LogP) is 1.54. The summed E-state index contributed by atoms with van der Waals surface area (Å²) in [5.74, 6) is 0.621. The molecule has 2 aromatic carbocycles. The minimum atomic E-state index is -3.42. The number of hydrogen-bond acceptors (Lipinski definition) is 6. The highest BCUT2D eigenvalue weighted by atomic mass is 32.2. The quantitative estimate of drug-likeness (QED) is 0.570. The second-order valence-electron chi connectivity index (χ2n) is 6.59. The van der Waals surface area contributed by atoms with Gasteiger partial charge in [-0.3, -0.25) is 4.79 Å². The van der Waals surface area contributed by atoms with Crippen LogP contribution in [-0.2, 0) is 14.8 Å². The van der Waals surface area contributed by atoms with Crippen LogP contribution in [0.2, 0.25) is 0 Å². The molecule has 0 bridgehead atoms. The van der Waals surface area contributed by atoms with Gasteiger partial charge in [0.25, 0.3) is 5.91 Å². The Morgan fingerprint density at radius 3 is 2.40 bits per heavy atom. The lowest BCUT2D eigenvalue weighted by atomic mass is 10.2. The zero-order valence-electron chi connectivity index (χ0n) is 16.7. The molecule has 0 radical (unpaired) electrons. The first kappa shape index (κ1) is 22.1. The number of para-hydroxylation sites is 2. The Hall–Kier alpha value is -2.62. The van der Waals surface area contributed by atoms with Gasteiger partial charge in [-0.25, -0.2) is 8.42 Å². The maximum Gasteiger partial charge on any atom is 0.255 e. The average molecular weight is 435 g/mol. The second-order valence-corrected chi connectivity index (χ2v) is 8.68. The third-order valence-electron chi connectivity index (χ3n) is 4.49. The minimum Gasteiger partial charge on any atom is -0.490 e. The van der Waals surface area contributed by atoms with Gasteiger partial charge in [0.15, 0.2) is 0 Å². The van der Waals surface area contributed by atoms with E-state index >= 15 is 0 Å². The highest BCUT2D eigenvalue weighted by Crippen LogP contribution is 2.18. The van der Waals surface area contributed by atoms with Crippen molar-refractivity contribution in [2.75, 3.05) is 51.8 Å². The summed E-state index contributed by atoms with van der Waals surface area (Å²) in [5.41, 5.74) is 0.348. The van der Waals surface area contributed by atoms with Crippen molar-refractivity contribution in [1.82, 2.24) is 9.62 Å². The Kier molecular flexibility index (Phi) is 8.06. The number of amides is 1. The summed E-state index contributed by atoms with van der Waals surface area (Å²) >= 11 is 0. The van der Waals surface area contributed by atoms with E-state index in [9.17, 15) is 13.2 Å². The molecule has 0 atom stereocenters. The molecule has 0 saturated carbocycles. The van der Waals surface area contributed by atoms with Gasteiger partial charge >= 0.3 is 0 Å². The molecule has 8 nitrogen and oxygen atoms in total. The first-order chi connectivity index (χ1) is 14.6. The number of benzene rings is 2. The van der Waals surface area contributed by atoms with E-state index in [1.54, 1.807) is 24.3 Å². The van der Waals surface area contributed by atoms with Crippen LogP contribution < -0.4 is 14.8 Å². The first-order valence-corrected chi connectivity index (χ1v) is 11.4. The van der Waals surface area contributed by atoms with Crippen molar-refractivity contribution in [2.24, 2.45) is 0 Å². The minimum absolute atomic E-state index is 0.0178. The molecule has 1 heterocycles. The number of carbonyl (C=O) groups excluding carboxylic acids is 1. The second kappa shape index (κ2) is 11.0. The molecule has 30 heavy (non-hydrogen) atoms. The van der Waals surface area contributed by atoms with Gasteiger partial charge in [-0.2, -0.15) is 4.31 Å². The van der Waals surface area contributed by atoms with Crippen LogP contribution >= 0.6 is 0 Å². The molecule has 0 aromatic heterocycles. The van der Waals surface area contributed by atoms with Gasteiger partial charge in [0.05, 0.1) is 24.5 Å². The monoisotopic (exact) mass is 434 g/mol. The number of nitrogens with one attached hydrogen (secondary N) is 1. The maximum atomic E-state index is 12.5. The Morgan fingerprint density at radius 1 is 0.967 bits per heavy atom. The summed E-state index contributed by atoms with van der Waals surface area (Å²) in [6.07, 6.45) is 0. The van der Waals surface area contributed by atoms with Gasteiger partial charge in [0.2, 0.25) is 10.0 Å². The molecule has 0 aliphatic carbocycles. The van der Waals surface area contributed by atoms with Crippen LogP contribution in [0.15, 0.2) is 54.6 Å². The molecular formula is C21H26N2O6S. The number of sulfonamides is 1. The molecular weight excluding hydrogens is 408 g/mol. The molecule has 162 valence electrons. The summed E-state index contributed by atoms with van der Waals surface area (Å²) in [6.45, 7) is 2.09. The fourth-order valence-electron chi connectivity index (χ4n) is 2.95. The van der Waals surface area contributed by atoms with Crippen LogP contribution in [0.25, 0.3) is 0 Å². The molecule has 2 aromatic rings. The zero-order valence-corrected chi connectivity index (χ0v) is 17.5. The molecule has 9 heteroatoms. The Bertz CT molecular complexity index is 914. The largest absolute Gasteiger partial charge is 0.490 e. The van der Waals surface area contributed by atoms with Gasteiger partial charge in [-0.15, -0.1) is 0 Å². The van der Waals surface area contributed by atoms with Gasteiger partial charge < -0.3 is 19.5 Å². The fraction of sp³-hybridized carbons (Fsp3) is 0.381. The summed E-state index contributed by atoms with van der Waals surface area (Å²) in [4.78, 5) is 12.5. The van der Waals surface area contributed by atoms with Crippen LogP contribution in [0.3, 0.4) is 0 Å². The summed E-state index contributed by atoms with van der Waals surface area (Å²) < 4.78 is 42.5. The van der Waals surface area contributed by atoms with Crippen LogP contribution in [-0.4, -0.2) is 70.4 Å². The van der Waals surface area contributed by atoms with E-state index in [2.05, 4.69) is 5.32 Å². The molecule has 3 rings (SSSR count). The normalized spacial score (nSPS) is 14.8. The zero-order chi connectivity index (χ0) is 21.2. The molecule has 1 fully saturated rings. The van der Waals surface area contributed by atoms with Gasteiger partial charge in [0.1, 0.15) is 24.7 Å². The lowest BCUT2D eigenvalue weighted by Gasteiger charge is -2.26. The summed E-state index contributed by atoms with van der Waals surface area (Å²) in [6, 6.07) is 16.2. The lowest BCUT2D eigenvalue weighted by Crippen LogP contribution is -2.43. The van der Waals surface area contributed by atoms with E-state index in [4.69, 9.17) is 14.2 Å². The number of hydrogen-bond donors (Lipinski definition) is 1. The standard InChI is InChI=1S/C21H26N2O6S/c24-21(22-10-17-30(25,26)23-11-13-27-14-12-23)19-8-4-5-9-20(19)29-16-15-28-18-6-2-1-3-7-18/h1-9H,10-17H2,(H,22,24). The number of rotatable bonds is 10. The van der Waals surface area contributed by atoms with Gasteiger partial charge in [-0.05, 0) is 24.3 Å². The van der Waals surface area contributed by atoms with Crippen molar-refractivity contribution in [3.8, 4) is 11.5 Å². The van der Waals surface area contributed by atoms with E-state index in [-0.39, 0.29) is 24.8 Å². The number of ether oxygens (including phenoxy) is 3. The highest BCUT2D eigenvalue weighted by molar-refractivity contribution is 7.89. The number of morpholine rings is 1. The van der Waals surface area contributed by atoms with Crippen molar-refractivity contribution in [1.29, 1.82) is 0 Å². The van der Waals surface area contributed by atoms with Crippen LogP contribution in [0.5, 0.6) is 11.5 Å². The van der Waals surface area contributed by atoms with Crippen LogP contribution in [0.1, 0.15) is 10.4 Å². The van der Waals surface area contributed by atoms with Crippen molar-refractivity contribution in [3.05, 3.63) is 60.2 Å². The number of nitrogens with zero attached hydrogens (tertiary/aromatic N) is 1. The summed E-state index contributed by atoms with van der Waals surface area (Å²) in [7, 11) is -3.42. The Morgan fingerprint density at radius 2 is 1.63 bits per heavy atom.